The van der Waals surface area contributed by atoms with Gasteiger partial charge in [-0.3, -0.25) is 4.79 Å². The Kier molecular flexibility index (Phi) is 5.27. The number of amides is 1. The first kappa shape index (κ1) is 19.4. The van der Waals surface area contributed by atoms with Crippen LogP contribution in [0.2, 0.25) is 0 Å². The van der Waals surface area contributed by atoms with Crippen LogP contribution in [0.4, 0.5) is 5.69 Å². The van der Waals surface area contributed by atoms with Crippen molar-refractivity contribution in [2.24, 2.45) is 12.2 Å². The van der Waals surface area contributed by atoms with Crippen molar-refractivity contribution >= 4 is 44.4 Å². The summed E-state index contributed by atoms with van der Waals surface area (Å²) in [6.45, 7) is 3.95. The highest BCUT2D eigenvalue weighted by Crippen LogP contribution is 2.25. The minimum absolute atomic E-state index is 0.0113. The Bertz CT molecular complexity index is 1140. The highest BCUT2D eigenvalue weighted by Gasteiger charge is 2.14. The molecule has 142 valence electrons. The molecular formula is C18H20N4O3S2. The smallest absolute Gasteiger partial charge is 0.238 e. The van der Waals surface area contributed by atoms with E-state index in [9.17, 15) is 13.2 Å². The molecule has 0 aliphatic rings. The molecule has 7 nitrogen and oxygen atoms in total. The number of primary sulfonamides is 1. The normalized spacial score (nSPS) is 11.7. The third kappa shape index (κ3) is 4.32. The molecule has 3 aromatic rings. The Morgan fingerprint density at radius 1 is 1.22 bits per heavy atom. The summed E-state index contributed by atoms with van der Waals surface area (Å²) >= 11 is 1.28. The summed E-state index contributed by atoms with van der Waals surface area (Å²) in [5, 5.41) is 8.68. The lowest BCUT2D eigenvalue weighted by molar-refractivity contribution is -0.113. The van der Waals surface area contributed by atoms with Crippen molar-refractivity contribution in [2.75, 3.05) is 11.1 Å². The van der Waals surface area contributed by atoms with Crippen LogP contribution >= 0.6 is 11.8 Å². The first-order chi connectivity index (χ1) is 12.6. The Morgan fingerprint density at radius 3 is 2.63 bits per heavy atom. The molecule has 0 unspecified atom stereocenters. The molecule has 0 spiro atoms. The minimum atomic E-state index is -3.79. The number of hydrogen-bond donors (Lipinski definition) is 2. The molecule has 0 saturated carbocycles. The highest BCUT2D eigenvalue weighted by molar-refractivity contribution is 7.99. The predicted octanol–water partition coefficient (Wildman–Crippen LogP) is 2.57. The van der Waals surface area contributed by atoms with Gasteiger partial charge in [0.05, 0.1) is 21.7 Å². The maximum absolute atomic E-state index is 12.3. The van der Waals surface area contributed by atoms with E-state index in [0.29, 0.717) is 10.7 Å². The number of rotatable bonds is 5. The summed E-state index contributed by atoms with van der Waals surface area (Å²) in [7, 11) is -1.97. The van der Waals surface area contributed by atoms with E-state index >= 15 is 0 Å². The van der Waals surface area contributed by atoms with E-state index in [2.05, 4.69) is 10.3 Å². The van der Waals surface area contributed by atoms with Crippen molar-refractivity contribution in [3.63, 3.8) is 0 Å². The molecule has 3 rings (SSSR count). The number of nitrogens with two attached hydrogens (primary N) is 1. The van der Waals surface area contributed by atoms with Gasteiger partial charge in [0.15, 0.2) is 5.16 Å². The number of fused-ring (bicyclic) bond motifs is 1. The molecule has 1 heterocycles. The van der Waals surface area contributed by atoms with Crippen LogP contribution in [-0.2, 0) is 21.9 Å². The second kappa shape index (κ2) is 7.34. The van der Waals surface area contributed by atoms with E-state index in [0.717, 1.165) is 22.3 Å². The van der Waals surface area contributed by atoms with Crippen LogP contribution in [0.25, 0.3) is 11.0 Å². The molecule has 0 radical (unpaired) electrons. The van der Waals surface area contributed by atoms with Gasteiger partial charge in [0.25, 0.3) is 0 Å². The van der Waals surface area contributed by atoms with Crippen LogP contribution in [0.3, 0.4) is 0 Å². The van der Waals surface area contributed by atoms with E-state index in [1.165, 1.54) is 23.9 Å². The summed E-state index contributed by atoms with van der Waals surface area (Å²) in [5.74, 6) is 0.0521. The number of carbonyl (C=O) groups is 1. The number of carbonyl (C=O) groups excluding carboxylic acids is 1. The number of hydrogen-bond acceptors (Lipinski definition) is 5. The number of aromatic nitrogens is 2. The second-order valence-electron chi connectivity index (χ2n) is 6.30. The summed E-state index contributed by atoms with van der Waals surface area (Å²) in [4.78, 5) is 16.7. The summed E-state index contributed by atoms with van der Waals surface area (Å²) < 4.78 is 24.8. The van der Waals surface area contributed by atoms with Gasteiger partial charge in [0.1, 0.15) is 0 Å². The third-order valence-electron chi connectivity index (χ3n) is 4.13. The van der Waals surface area contributed by atoms with Gasteiger partial charge in [-0.15, -0.1) is 0 Å². The summed E-state index contributed by atoms with van der Waals surface area (Å²) in [5.41, 5.74) is 4.21. The molecule has 0 atom stereocenters. The third-order valence-corrected chi connectivity index (χ3v) is 6.07. The zero-order valence-electron chi connectivity index (χ0n) is 15.2. The average molecular weight is 405 g/mol. The van der Waals surface area contributed by atoms with Gasteiger partial charge in [-0.25, -0.2) is 18.5 Å². The molecule has 2 aromatic carbocycles. The quantitative estimate of drug-likeness (QED) is 0.636. The fourth-order valence-corrected chi connectivity index (χ4v) is 4.05. The van der Waals surface area contributed by atoms with Gasteiger partial charge in [0, 0.05) is 12.7 Å². The van der Waals surface area contributed by atoms with Crippen LogP contribution in [0.1, 0.15) is 11.1 Å². The topological polar surface area (TPSA) is 107 Å². The van der Waals surface area contributed by atoms with Gasteiger partial charge in [-0.05, 0) is 43.7 Å². The SMILES string of the molecule is Cc1ccc(NC(=O)CSc2nc3cc(S(N)(=O)=O)ccc3n2C)c(C)c1. The van der Waals surface area contributed by atoms with E-state index in [1.807, 2.05) is 43.7 Å². The molecule has 27 heavy (non-hydrogen) atoms. The van der Waals surface area contributed by atoms with Crippen molar-refractivity contribution in [1.29, 1.82) is 0 Å². The Balaban J connectivity index is 1.74. The standard InChI is InChI=1S/C18H20N4O3S2/c1-11-4-6-14(12(2)8-11)20-17(23)10-26-18-21-15-9-13(27(19,24)25)5-7-16(15)22(18)3/h4-9H,10H2,1-3H3,(H,20,23)(H2,19,24,25). The summed E-state index contributed by atoms with van der Waals surface area (Å²) in [6.07, 6.45) is 0. The van der Waals surface area contributed by atoms with E-state index in [1.54, 1.807) is 6.07 Å². The van der Waals surface area contributed by atoms with Crippen LogP contribution < -0.4 is 10.5 Å². The monoisotopic (exact) mass is 404 g/mol. The van der Waals surface area contributed by atoms with E-state index in [4.69, 9.17) is 5.14 Å². The van der Waals surface area contributed by atoms with Gasteiger partial charge in [-0.1, -0.05) is 29.5 Å². The Morgan fingerprint density at radius 2 is 1.96 bits per heavy atom. The van der Waals surface area contributed by atoms with E-state index < -0.39 is 10.0 Å². The highest BCUT2D eigenvalue weighted by atomic mass is 32.2. The van der Waals surface area contributed by atoms with Gasteiger partial charge in [0.2, 0.25) is 15.9 Å². The van der Waals surface area contributed by atoms with Crippen LogP contribution in [0.15, 0.2) is 46.5 Å². The van der Waals surface area contributed by atoms with Gasteiger partial charge in [-0.2, -0.15) is 0 Å². The molecule has 1 amide bonds. The van der Waals surface area contributed by atoms with Crippen LogP contribution in [0, 0.1) is 13.8 Å². The molecule has 0 bridgehead atoms. The Labute approximate surface area is 162 Å². The van der Waals surface area contributed by atoms with Gasteiger partial charge < -0.3 is 9.88 Å². The lowest BCUT2D eigenvalue weighted by Crippen LogP contribution is -2.15. The van der Waals surface area contributed by atoms with Gasteiger partial charge >= 0.3 is 0 Å². The van der Waals surface area contributed by atoms with Crippen molar-refractivity contribution < 1.29 is 13.2 Å². The maximum atomic E-state index is 12.3. The van der Waals surface area contributed by atoms with Crippen LogP contribution in [-0.4, -0.2) is 29.6 Å². The lowest BCUT2D eigenvalue weighted by atomic mass is 10.1. The lowest BCUT2D eigenvalue weighted by Gasteiger charge is -2.09. The number of aryl methyl sites for hydroxylation is 3. The zero-order valence-corrected chi connectivity index (χ0v) is 16.8. The molecule has 0 saturated heterocycles. The number of imidazole rings is 1. The largest absolute Gasteiger partial charge is 0.325 e. The number of benzene rings is 2. The first-order valence-electron chi connectivity index (χ1n) is 8.14. The average Bonchev–Trinajstić information content (AvgIpc) is 2.90. The second-order valence-corrected chi connectivity index (χ2v) is 8.81. The number of nitrogens with one attached hydrogen (secondary N) is 1. The summed E-state index contributed by atoms with van der Waals surface area (Å²) in [6, 6.07) is 10.4. The molecule has 3 N–H and O–H groups in total. The molecule has 0 aliphatic carbocycles. The molecule has 0 fully saturated rings. The number of anilines is 1. The minimum Gasteiger partial charge on any atom is -0.325 e. The number of sulfonamides is 1. The maximum Gasteiger partial charge on any atom is 0.238 e. The fraction of sp³-hybridized carbons (Fsp3) is 0.222. The van der Waals surface area contributed by atoms with Crippen molar-refractivity contribution in [2.45, 2.75) is 23.9 Å². The predicted molar refractivity (Wildman–Crippen MR) is 107 cm³/mol. The fourth-order valence-electron chi connectivity index (χ4n) is 2.73. The first-order valence-corrected chi connectivity index (χ1v) is 10.7. The van der Waals surface area contributed by atoms with Crippen molar-refractivity contribution in [3.05, 3.63) is 47.5 Å². The molecule has 1 aromatic heterocycles. The zero-order chi connectivity index (χ0) is 19.8. The molecule has 0 aliphatic heterocycles. The number of thioether (sulfide) groups is 1. The molecule has 9 heteroatoms. The van der Waals surface area contributed by atoms with Crippen LogP contribution in [0.5, 0.6) is 0 Å². The Hall–Kier alpha value is -2.36. The molecular weight excluding hydrogens is 384 g/mol. The van der Waals surface area contributed by atoms with Crippen molar-refractivity contribution in [3.8, 4) is 0 Å². The number of nitrogens with zero attached hydrogens (tertiary/aromatic N) is 2. The van der Waals surface area contributed by atoms with E-state index in [-0.39, 0.29) is 16.6 Å². The van der Waals surface area contributed by atoms with Crippen molar-refractivity contribution in [1.82, 2.24) is 9.55 Å².